The van der Waals surface area contributed by atoms with Crippen LogP contribution in [0.5, 0.6) is 0 Å². The number of para-hydroxylation sites is 1. The molecule has 0 bridgehead atoms. The first-order valence-electron chi connectivity index (χ1n) is 6.18. The molecule has 0 radical (unpaired) electrons. The fourth-order valence-electron chi connectivity index (χ4n) is 1.90. The lowest BCUT2D eigenvalue weighted by Crippen LogP contribution is -2.21. The number of hydrogen-bond donors (Lipinski definition) is 2. The van der Waals surface area contributed by atoms with Crippen LogP contribution in [0, 0.1) is 31.3 Å². The maximum absolute atomic E-state index is 13.5. The number of carbonyl (C=O) groups excluding carboxylic acids is 1. The Labute approximate surface area is 119 Å². The zero-order chi connectivity index (χ0) is 15.6. The lowest BCUT2D eigenvalue weighted by atomic mass is 10.1. The number of hydrogen-bond acceptors (Lipinski definition) is 1. The second-order valence-corrected chi connectivity index (χ2v) is 4.57. The van der Waals surface area contributed by atoms with Gasteiger partial charge in [0.2, 0.25) is 0 Å². The molecule has 0 aliphatic carbocycles. The molecule has 0 unspecified atom stereocenters. The van der Waals surface area contributed by atoms with Crippen molar-refractivity contribution in [3.63, 3.8) is 0 Å². The highest BCUT2D eigenvalue weighted by molar-refractivity contribution is 6.00. The van der Waals surface area contributed by atoms with E-state index in [0.717, 1.165) is 23.3 Å². The standard InChI is InChI=1S/C15H13F3N2O/c1-8-4-3-5-9(2)14(8)20-15(21)19-11-7-6-10(16)12(17)13(11)18/h3-7H,1-2H3,(H2,19,20,21). The summed E-state index contributed by atoms with van der Waals surface area (Å²) in [7, 11) is 0. The van der Waals surface area contributed by atoms with Crippen LogP contribution in [-0.4, -0.2) is 6.03 Å². The first-order valence-corrected chi connectivity index (χ1v) is 6.18. The number of carbonyl (C=O) groups is 1. The summed E-state index contributed by atoms with van der Waals surface area (Å²) in [6.45, 7) is 3.61. The summed E-state index contributed by atoms with van der Waals surface area (Å²) in [5.74, 6) is -4.38. The molecule has 0 saturated heterocycles. The van der Waals surface area contributed by atoms with Gasteiger partial charge >= 0.3 is 6.03 Å². The molecule has 21 heavy (non-hydrogen) atoms. The number of halogens is 3. The zero-order valence-electron chi connectivity index (χ0n) is 11.4. The minimum absolute atomic E-state index is 0.433. The van der Waals surface area contributed by atoms with E-state index in [1.807, 2.05) is 6.07 Å². The highest BCUT2D eigenvalue weighted by atomic mass is 19.2. The summed E-state index contributed by atoms with van der Waals surface area (Å²) in [6, 6.07) is 6.41. The highest BCUT2D eigenvalue weighted by Crippen LogP contribution is 2.22. The SMILES string of the molecule is Cc1cccc(C)c1NC(=O)Nc1ccc(F)c(F)c1F. The van der Waals surface area contributed by atoms with Crippen LogP contribution in [0.15, 0.2) is 30.3 Å². The molecule has 0 atom stereocenters. The molecule has 0 aliphatic heterocycles. The van der Waals surface area contributed by atoms with Gasteiger partial charge in [0.15, 0.2) is 17.5 Å². The van der Waals surface area contributed by atoms with Crippen LogP contribution in [-0.2, 0) is 0 Å². The van der Waals surface area contributed by atoms with Gasteiger partial charge in [-0.25, -0.2) is 18.0 Å². The Hall–Kier alpha value is -2.50. The van der Waals surface area contributed by atoms with E-state index in [-0.39, 0.29) is 0 Å². The number of anilines is 2. The summed E-state index contributed by atoms with van der Waals surface area (Å²) >= 11 is 0. The Morgan fingerprint density at radius 3 is 2.14 bits per heavy atom. The van der Waals surface area contributed by atoms with Gasteiger partial charge in [-0.3, -0.25) is 0 Å². The number of urea groups is 1. The molecule has 2 aromatic rings. The van der Waals surface area contributed by atoms with Crippen molar-refractivity contribution in [2.45, 2.75) is 13.8 Å². The van der Waals surface area contributed by atoms with Crippen molar-refractivity contribution >= 4 is 17.4 Å². The minimum atomic E-state index is -1.63. The third-order valence-electron chi connectivity index (χ3n) is 3.00. The largest absolute Gasteiger partial charge is 0.323 e. The van der Waals surface area contributed by atoms with Crippen LogP contribution < -0.4 is 10.6 Å². The first-order chi connectivity index (χ1) is 9.90. The Morgan fingerprint density at radius 2 is 1.52 bits per heavy atom. The molecule has 0 aromatic heterocycles. The molecular weight excluding hydrogens is 281 g/mol. The van der Waals surface area contributed by atoms with Crippen molar-refractivity contribution in [3.05, 3.63) is 58.9 Å². The lowest BCUT2D eigenvalue weighted by molar-refractivity contribution is 0.262. The van der Waals surface area contributed by atoms with Gasteiger partial charge in [-0.15, -0.1) is 0 Å². The fraction of sp³-hybridized carbons (Fsp3) is 0.133. The molecule has 0 aliphatic rings. The van der Waals surface area contributed by atoms with E-state index < -0.39 is 29.2 Å². The molecule has 0 saturated carbocycles. The molecular formula is C15H13F3N2O. The first kappa shape index (κ1) is 14.9. The fourth-order valence-corrected chi connectivity index (χ4v) is 1.90. The van der Waals surface area contributed by atoms with E-state index in [1.54, 1.807) is 26.0 Å². The Balaban J connectivity index is 2.18. The van der Waals surface area contributed by atoms with Gasteiger partial charge in [0.05, 0.1) is 5.69 Å². The molecule has 110 valence electrons. The van der Waals surface area contributed by atoms with Gasteiger partial charge < -0.3 is 10.6 Å². The normalized spacial score (nSPS) is 10.3. The molecule has 2 amide bonds. The van der Waals surface area contributed by atoms with Crippen LogP contribution in [0.2, 0.25) is 0 Å². The van der Waals surface area contributed by atoms with Gasteiger partial charge in [0.25, 0.3) is 0 Å². The van der Waals surface area contributed by atoms with Gasteiger partial charge in [0.1, 0.15) is 0 Å². The van der Waals surface area contributed by atoms with Crippen molar-refractivity contribution < 1.29 is 18.0 Å². The number of aryl methyl sites for hydroxylation is 2. The number of rotatable bonds is 2. The zero-order valence-corrected chi connectivity index (χ0v) is 11.4. The van der Waals surface area contributed by atoms with E-state index in [4.69, 9.17) is 0 Å². The smallest absolute Gasteiger partial charge is 0.307 e. The van der Waals surface area contributed by atoms with Crippen molar-refractivity contribution in [2.75, 3.05) is 10.6 Å². The number of amides is 2. The van der Waals surface area contributed by atoms with Crippen LogP contribution in [0.3, 0.4) is 0 Å². The van der Waals surface area contributed by atoms with E-state index in [1.165, 1.54) is 0 Å². The molecule has 0 heterocycles. The maximum Gasteiger partial charge on any atom is 0.323 e. The van der Waals surface area contributed by atoms with E-state index in [2.05, 4.69) is 10.6 Å². The quantitative estimate of drug-likeness (QED) is 0.794. The Bertz CT molecular complexity index is 681. The van der Waals surface area contributed by atoms with Crippen LogP contribution in [0.25, 0.3) is 0 Å². The average molecular weight is 294 g/mol. The number of benzene rings is 2. The van der Waals surface area contributed by atoms with Crippen LogP contribution >= 0.6 is 0 Å². The Morgan fingerprint density at radius 1 is 0.905 bits per heavy atom. The van der Waals surface area contributed by atoms with Crippen LogP contribution in [0.4, 0.5) is 29.3 Å². The third-order valence-corrected chi connectivity index (χ3v) is 3.00. The van der Waals surface area contributed by atoms with Crippen molar-refractivity contribution in [2.24, 2.45) is 0 Å². The second kappa shape index (κ2) is 5.87. The number of nitrogens with one attached hydrogen (secondary N) is 2. The van der Waals surface area contributed by atoms with E-state index in [0.29, 0.717) is 5.69 Å². The second-order valence-electron chi connectivity index (χ2n) is 4.57. The molecule has 2 N–H and O–H groups in total. The molecule has 2 rings (SSSR count). The van der Waals surface area contributed by atoms with Gasteiger partial charge in [0, 0.05) is 5.69 Å². The van der Waals surface area contributed by atoms with Gasteiger partial charge in [-0.2, -0.15) is 0 Å². The lowest BCUT2D eigenvalue weighted by Gasteiger charge is -2.13. The minimum Gasteiger partial charge on any atom is -0.307 e. The average Bonchev–Trinajstić information content (AvgIpc) is 2.44. The Kier molecular flexibility index (Phi) is 4.16. The molecule has 0 fully saturated rings. The van der Waals surface area contributed by atoms with Gasteiger partial charge in [-0.05, 0) is 37.1 Å². The summed E-state index contributed by atoms with van der Waals surface area (Å²) in [4.78, 5) is 11.8. The highest BCUT2D eigenvalue weighted by Gasteiger charge is 2.15. The monoisotopic (exact) mass is 294 g/mol. The summed E-state index contributed by atoms with van der Waals surface area (Å²) in [5.41, 5.74) is 1.81. The van der Waals surface area contributed by atoms with Gasteiger partial charge in [-0.1, -0.05) is 18.2 Å². The van der Waals surface area contributed by atoms with E-state index in [9.17, 15) is 18.0 Å². The molecule has 0 spiro atoms. The molecule has 3 nitrogen and oxygen atoms in total. The van der Waals surface area contributed by atoms with E-state index >= 15 is 0 Å². The third kappa shape index (κ3) is 3.16. The maximum atomic E-state index is 13.5. The molecule has 6 heteroatoms. The predicted molar refractivity (Wildman–Crippen MR) is 74.9 cm³/mol. The summed E-state index contributed by atoms with van der Waals surface area (Å²) in [5, 5.41) is 4.70. The van der Waals surface area contributed by atoms with Crippen molar-refractivity contribution in [3.8, 4) is 0 Å². The predicted octanol–water partition coefficient (Wildman–Crippen LogP) is 4.36. The summed E-state index contributed by atoms with van der Waals surface area (Å²) in [6.07, 6.45) is 0. The van der Waals surface area contributed by atoms with Crippen molar-refractivity contribution in [1.29, 1.82) is 0 Å². The topological polar surface area (TPSA) is 41.1 Å². The van der Waals surface area contributed by atoms with Crippen LogP contribution in [0.1, 0.15) is 11.1 Å². The van der Waals surface area contributed by atoms with Crippen molar-refractivity contribution in [1.82, 2.24) is 0 Å². The summed E-state index contributed by atoms with van der Waals surface area (Å²) < 4.78 is 39.3. The molecule has 2 aromatic carbocycles.